The molecule has 0 saturated carbocycles. The average Bonchev–Trinajstić information content (AvgIpc) is 2.49. The van der Waals surface area contributed by atoms with E-state index in [4.69, 9.17) is 9.47 Å². The third-order valence-corrected chi connectivity index (χ3v) is 3.31. The average molecular weight is 298 g/mol. The minimum Gasteiger partial charge on any atom is -0.509 e. The van der Waals surface area contributed by atoms with Gasteiger partial charge in [-0.15, -0.1) is 0 Å². The number of ether oxygens (including phenoxy) is 2. The highest BCUT2D eigenvalue weighted by Crippen LogP contribution is 2.25. The Labute approximate surface area is 121 Å². The van der Waals surface area contributed by atoms with Crippen LogP contribution in [0.1, 0.15) is 5.56 Å². The number of hydrogen-bond acceptors (Lipinski definition) is 7. The van der Waals surface area contributed by atoms with Crippen molar-refractivity contribution in [1.82, 2.24) is 0 Å². The first-order chi connectivity index (χ1) is 9.93. The van der Waals surface area contributed by atoms with Gasteiger partial charge in [-0.3, -0.25) is 0 Å². The molecule has 7 heteroatoms. The van der Waals surface area contributed by atoms with Gasteiger partial charge < -0.3 is 35.0 Å². The molecule has 1 aliphatic heterocycles. The summed E-state index contributed by atoms with van der Waals surface area (Å²) in [6.07, 6.45) is -6.52. The van der Waals surface area contributed by atoms with Crippen molar-refractivity contribution in [2.24, 2.45) is 0 Å². The minimum absolute atomic E-state index is 0.377. The molecule has 0 spiro atoms. The molecule has 5 N–H and O–H groups in total. The van der Waals surface area contributed by atoms with Crippen LogP contribution in [-0.4, -0.2) is 63.3 Å². The molecule has 1 aliphatic rings. The zero-order chi connectivity index (χ0) is 15.6. The van der Waals surface area contributed by atoms with Gasteiger partial charge in [0.15, 0.2) is 6.29 Å². The predicted octanol–water partition coefficient (Wildman–Crippen LogP) is -0.606. The topological polar surface area (TPSA) is 120 Å². The maximum atomic E-state index is 9.99. The van der Waals surface area contributed by atoms with Crippen LogP contribution in [0.4, 0.5) is 0 Å². The zero-order valence-electron chi connectivity index (χ0n) is 11.3. The lowest BCUT2D eigenvalue weighted by Gasteiger charge is -2.37. The van der Waals surface area contributed by atoms with Crippen LogP contribution >= 0.6 is 0 Å². The van der Waals surface area contributed by atoms with E-state index in [0.717, 1.165) is 0 Å². The number of benzene rings is 1. The maximum Gasteiger partial charge on any atom is 0.184 e. The van der Waals surface area contributed by atoms with Crippen molar-refractivity contribution in [3.05, 3.63) is 35.6 Å². The Balaban J connectivity index is 2.17. The third kappa shape index (κ3) is 3.34. The van der Waals surface area contributed by atoms with E-state index in [1.807, 2.05) is 0 Å². The zero-order valence-corrected chi connectivity index (χ0v) is 11.3. The molecule has 116 valence electrons. The Kier molecular flexibility index (Phi) is 4.81. The molecule has 1 fully saturated rings. The van der Waals surface area contributed by atoms with Crippen LogP contribution in [0.25, 0.3) is 6.08 Å². The summed E-state index contributed by atoms with van der Waals surface area (Å²) in [7, 11) is 1.53. The van der Waals surface area contributed by atoms with E-state index in [1.54, 1.807) is 24.3 Å². The second kappa shape index (κ2) is 6.42. The summed E-state index contributed by atoms with van der Waals surface area (Å²) in [5.74, 6) is 0.271. The first-order valence-electron chi connectivity index (χ1n) is 6.36. The van der Waals surface area contributed by atoms with E-state index < -0.39 is 30.7 Å². The highest BCUT2D eigenvalue weighted by atomic mass is 16.6. The van der Waals surface area contributed by atoms with Crippen LogP contribution in [0.2, 0.25) is 0 Å². The molecule has 0 aliphatic carbocycles. The Bertz CT molecular complexity index is 499. The highest BCUT2D eigenvalue weighted by Gasteiger charge is 2.44. The molecule has 1 heterocycles. The molecule has 1 saturated heterocycles. The van der Waals surface area contributed by atoms with Gasteiger partial charge in [0.05, 0.1) is 7.11 Å². The molecule has 1 aromatic rings. The summed E-state index contributed by atoms with van der Waals surface area (Å²) in [6, 6.07) is 6.72. The van der Waals surface area contributed by atoms with Gasteiger partial charge in [0.25, 0.3) is 0 Å². The molecular weight excluding hydrogens is 280 g/mol. The van der Waals surface area contributed by atoms with Gasteiger partial charge in [-0.25, -0.2) is 0 Å². The van der Waals surface area contributed by atoms with Gasteiger partial charge in [0, 0.05) is 0 Å². The predicted molar refractivity (Wildman–Crippen MR) is 72.5 cm³/mol. The van der Waals surface area contributed by atoms with Crippen molar-refractivity contribution in [3.8, 4) is 5.75 Å². The molecule has 0 bridgehead atoms. The van der Waals surface area contributed by atoms with E-state index in [0.29, 0.717) is 11.3 Å². The second-order valence-electron chi connectivity index (χ2n) is 4.76. The second-order valence-corrected chi connectivity index (χ2v) is 4.76. The van der Waals surface area contributed by atoms with Gasteiger partial charge >= 0.3 is 0 Å². The lowest BCUT2D eigenvalue weighted by Crippen LogP contribution is -2.57. The van der Waals surface area contributed by atoms with Gasteiger partial charge in [-0.1, -0.05) is 12.1 Å². The highest BCUT2D eigenvalue weighted by molar-refractivity contribution is 5.53. The molecule has 21 heavy (non-hydrogen) atoms. The summed E-state index contributed by atoms with van der Waals surface area (Å²) >= 11 is 0. The smallest absolute Gasteiger partial charge is 0.184 e. The normalized spacial score (nSPS) is 33.8. The Morgan fingerprint density at radius 2 is 1.67 bits per heavy atom. The fourth-order valence-electron chi connectivity index (χ4n) is 2.06. The van der Waals surface area contributed by atoms with Crippen molar-refractivity contribution in [2.45, 2.75) is 30.7 Å². The number of aliphatic hydroxyl groups is 5. The fourth-order valence-corrected chi connectivity index (χ4v) is 2.06. The van der Waals surface area contributed by atoms with Gasteiger partial charge in [0.1, 0.15) is 35.9 Å². The van der Waals surface area contributed by atoms with E-state index in [2.05, 4.69) is 0 Å². The number of rotatable bonds is 3. The van der Waals surface area contributed by atoms with Crippen molar-refractivity contribution in [1.29, 1.82) is 0 Å². The quantitative estimate of drug-likeness (QED) is 0.472. The van der Waals surface area contributed by atoms with Gasteiger partial charge in [-0.2, -0.15) is 0 Å². The molecule has 0 aromatic heterocycles. The van der Waals surface area contributed by atoms with E-state index >= 15 is 0 Å². The molecule has 0 amide bonds. The monoisotopic (exact) mass is 298 g/mol. The molecular formula is C14H18O7. The summed E-state index contributed by atoms with van der Waals surface area (Å²) in [4.78, 5) is 0. The summed E-state index contributed by atoms with van der Waals surface area (Å²) < 4.78 is 9.92. The summed E-state index contributed by atoms with van der Waals surface area (Å²) in [6.45, 7) is 0. The van der Waals surface area contributed by atoms with Crippen LogP contribution in [0.3, 0.4) is 0 Å². The van der Waals surface area contributed by atoms with Gasteiger partial charge in [0.2, 0.25) is 0 Å². The Morgan fingerprint density at radius 3 is 2.24 bits per heavy atom. The first-order valence-corrected chi connectivity index (χ1v) is 6.36. The molecule has 0 radical (unpaired) electrons. The number of aliphatic hydroxyl groups excluding tert-OH is 5. The first kappa shape index (κ1) is 15.7. The lowest BCUT2D eigenvalue weighted by atomic mass is 9.97. The standard InChI is InChI=1S/C14H18O7/c1-20-8-4-2-7(3-5-8)6-9(15)13-11(17)10(16)12(18)14(19)21-13/h2-6,10-19H,1H3/t10-,11-,12-,13+,14+/m0/s1. The van der Waals surface area contributed by atoms with Crippen LogP contribution in [0, 0.1) is 0 Å². The SMILES string of the molecule is COc1ccc(C=C(O)[C@H]2O[C@@H](O)[C@@H](O)[C@@H](O)[C@@H]2O)cc1. The van der Waals surface area contributed by atoms with Crippen molar-refractivity contribution < 1.29 is 35.0 Å². The number of hydrogen-bond donors (Lipinski definition) is 5. The van der Waals surface area contributed by atoms with Crippen molar-refractivity contribution in [3.63, 3.8) is 0 Å². The van der Waals surface area contributed by atoms with Gasteiger partial charge in [-0.05, 0) is 23.8 Å². The largest absolute Gasteiger partial charge is 0.509 e. The molecule has 7 nitrogen and oxygen atoms in total. The Hall–Kier alpha value is -1.64. The fraction of sp³-hybridized carbons (Fsp3) is 0.429. The van der Waals surface area contributed by atoms with Crippen LogP contribution in [0.15, 0.2) is 30.0 Å². The Morgan fingerprint density at radius 1 is 1.05 bits per heavy atom. The molecule has 5 atom stereocenters. The van der Waals surface area contributed by atoms with E-state index in [-0.39, 0.29) is 5.76 Å². The van der Waals surface area contributed by atoms with Crippen LogP contribution in [0.5, 0.6) is 5.75 Å². The maximum absolute atomic E-state index is 9.99. The van der Waals surface area contributed by atoms with Crippen LogP contribution in [-0.2, 0) is 4.74 Å². The van der Waals surface area contributed by atoms with Crippen molar-refractivity contribution >= 4 is 6.08 Å². The molecule has 0 unspecified atom stereocenters. The number of methoxy groups -OCH3 is 1. The lowest BCUT2D eigenvalue weighted by molar-refractivity contribution is -0.277. The van der Waals surface area contributed by atoms with E-state index in [1.165, 1.54) is 13.2 Å². The van der Waals surface area contributed by atoms with Crippen LogP contribution < -0.4 is 4.74 Å². The molecule has 2 rings (SSSR count). The summed E-state index contributed by atoms with van der Waals surface area (Å²) in [5.41, 5.74) is 0.610. The summed E-state index contributed by atoms with van der Waals surface area (Å²) in [5, 5.41) is 48.1. The van der Waals surface area contributed by atoms with Crippen molar-refractivity contribution in [2.75, 3.05) is 7.11 Å². The minimum atomic E-state index is -1.69. The van der Waals surface area contributed by atoms with E-state index in [9.17, 15) is 25.5 Å². The molecule has 1 aromatic carbocycles. The third-order valence-electron chi connectivity index (χ3n) is 3.31.